The van der Waals surface area contributed by atoms with Gasteiger partial charge in [-0.3, -0.25) is 0 Å². The Bertz CT molecular complexity index is 393. The molecule has 0 aromatic heterocycles. The van der Waals surface area contributed by atoms with Crippen molar-refractivity contribution in [3.05, 3.63) is 47.5 Å². The van der Waals surface area contributed by atoms with Crippen molar-refractivity contribution in [1.29, 1.82) is 0 Å². The first kappa shape index (κ1) is 9.97. The van der Waals surface area contributed by atoms with Gasteiger partial charge in [0.2, 0.25) is 0 Å². The fourth-order valence-electron chi connectivity index (χ4n) is 2.09. The second-order valence-corrected chi connectivity index (χ2v) is 3.86. The molecule has 2 rings (SSSR count). The highest BCUT2D eigenvalue weighted by atomic mass is 16.4. The molecule has 1 aliphatic rings. The van der Waals surface area contributed by atoms with E-state index in [9.17, 15) is 4.79 Å². The molecule has 15 heavy (non-hydrogen) atoms. The van der Waals surface area contributed by atoms with Gasteiger partial charge in [-0.1, -0.05) is 30.4 Å². The number of rotatable bonds is 2. The van der Waals surface area contributed by atoms with E-state index < -0.39 is 5.97 Å². The summed E-state index contributed by atoms with van der Waals surface area (Å²) in [5.74, 6) is -0.546. The molecule has 1 aromatic carbocycles. The minimum atomic E-state index is -0.829. The molecule has 0 bridgehead atoms. The Labute approximate surface area is 89.2 Å². The topological polar surface area (TPSA) is 37.3 Å². The highest BCUT2D eigenvalue weighted by Gasteiger charge is 2.17. The number of carboxylic acids is 1. The molecule has 2 nitrogen and oxygen atoms in total. The Hall–Kier alpha value is -1.57. The predicted octanol–water partition coefficient (Wildman–Crippen LogP) is 3.21. The van der Waals surface area contributed by atoms with E-state index in [1.54, 1.807) is 12.1 Å². The van der Waals surface area contributed by atoms with Gasteiger partial charge in [0.05, 0.1) is 5.56 Å². The summed E-state index contributed by atoms with van der Waals surface area (Å²) in [6, 6.07) is 7.29. The molecular formula is C13H14O2. The summed E-state index contributed by atoms with van der Waals surface area (Å²) in [5, 5.41) is 9.07. The normalized spacial score (nSPS) is 20.1. The Balaban J connectivity index is 2.37. The van der Waals surface area contributed by atoms with Crippen molar-refractivity contribution in [2.45, 2.75) is 25.2 Å². The number of carboxylic acid groups (broad SMARTS) is 1. The van der Waals surface area contributed by atoms with Gasteiger partial charge in [-0.15, -0.1) is 0 Å². The van der Waals surface area contributed by atoms with Crippen LogP contribution in [-0.4, -0.2) is 11.1 Å². The first-order valence-electron chi connectivity index (χ1n) is 5.28. The zero-order valence-corrected chi connectivity index (χ0v) is 8.52. The molecule has 0 unspecified atom stereocenters. The van der Waals surface area contributed by atoms with Crippen molar-refractivity contribution in [2.24, 2.45) is 0 Å². The molecule has 2 heteroatoms. The lowest BCUT2D eigenvalue weighted by Gasteiger charge is -2.18. The summed E-state index contributed by atoms with van der Waals surface area (Å²) in [5.41, 5.74) is 1.38. The van der Waals surface area contributed by atoms with Crippen LogP contribution in [0.1, 0.15) is 41.1 Å². The molecule has 0 amide bonds. The Morgan fingerprint density at radius 1 is 1.33 bits per heavy atom. The second-order valence-electron chi connectivity index (χ2n) is 3.86. The van der Waals surface area contributed by atoms with Gasteiger partial charge in [0.15, 0.2) is 0 Å². The van der Waals surface area contributed by atoms with Crippen LogP contribution in [0.25, 0.3) is 0 Å². The molecule has 0 saturated carbocycles. The number of hydrogen-bond donors (Lipinski definition) is 1. The number of hydrogen-bond acceptors (Lipinski definition) is 1. The third-order valence-corrected chi connectivity index (χ3v) is 2.84. The van der Waals surface area contributed by atoms with Crippen molar-refractivity contribution in [3.63, 3.8) is 0 Å². The molecule has 78 valence electrons. The number of aromatic carboxylic acids is 1. The highest BCUT2D eigenvalue weighted by molar-refractivity contribution is 5.89. The third kappa shape index (κ3) is 2.09. The zero-order valence-electron chi connectivity index (χ0n) is 8.52. The molecule has 0 saturated heterocycles. The molecule has 0 spiro atoms. The van der Waals surface area contributed by atoms with Gasteiger partial charge < -0.3 is 5.11 Å². The van der Waals surface area contributed by atoms with Gasteiger partial charge in [0.25, 0.3) is 0 Å². The standard InChI is InChI=1S/C13H14O2/c14-13(15)12-9-5-4-8-11(12)10-6-2-1-3-7-10/h2,4-6,8-10H,1,3,7H2,(H,14,15)/t10-/m0/s1. The number of benzene rings is 1. The number of allylic oxidation sites excluding steroid dienone is 2. The van der Waals surface area contributed by atoms with Crippen molar-refractivity contribution < 1.29 is 9.90 Å². The molecule has 0 radical (unpaired) electrons. The van der Waals surface area contributed by atoms with E-state index in [0.29, 0.717) is 5.56 Å². The van der Waals surface area contributed by atoms with Crippen molar-refractivity contribution in [2.75, 3.05) is 0 Å². The first-order valence-corrected chi connectivity index (χ1v) is 5.28. The molecule has 0 heterocycles. The first-order chi connectivity index (χ1) is 7.29. The molecule has 1 atom stereocenters. The average molecular weight is 202 g/mol. The van der Waals surface area contributed by atoms with Crippen molar-refractivity contribution in [3.8, 4) is 0 Å². The maximum Gasteiger partial charge on any atom is 0.335 e. The van der Waals surface area contributed by atoms with Crippen molar-refractivity contribution >= 4 is 5.97 Å². The van der Waals surface area contributed by atoms with E-state index in [2.05, 4.69) is 12.2 Å². The van der Waals surface area contributed by atoms with Crippen LogP contribution in [0.5, 0.6) is 0 Å². The van der Waals surface area contributed by atoms with Crippen LogP contribution in [0, 0.1) is 0 Å². The summed E-state index contributed by atoms with van der Waals surface area (Å²) in [6.07, 6.45) is 7.60. The van der Waals surface area contributed by atoms with E-state index in [-0.39, 0.29) is 5.92 Å². The van der Waals surface area contributed by atoms with Crippen LogP contribution in [0.2, 0.25) is 0 Å². The Morgan fingerprint density at radius 2 is 2.13 bits per heavy atom. The predicted molar refractivity (Wildman–Crippen MR) is 59.1 cm³/mol. The Morgan fingerprint density at radius 3 is 2.80 bits per heavy atom. The van der Waals surface area contributed by atoms with E-state index in [4.69, 9.17) is 5.11 Å². The third-order valence-electron chi connectivity index (χ3n) is 2.84. The maximum absolute atomic E-state index is 11.0. The second kappa shape index (κ2) is 4.30. The molecule has 0 fully saturated rings. The SMILES string of the molecule is O=C(O)c1ccccc1[C@H]1C=CCCC1. The number of carbonyl (C=O) groups is 1. The summed E-state index contributed by atoms with van der Waals surface area (Å²) in [4.78, 5) is 11.0. The van der Waals surface area contributed by atoms with Crippen LogP contribution >= 0.6 is 0 Å². The fraction of sp³-hybridized carbons (Fsp3) is 0.308. The Kier molecular flexibility index (Phi) is 2.86. The van der Waals surface area contributed by atoms with Crippen LogP contribution < -0.4 is 0 Å². The van der Waals surface area contributed by atoms with Crippen LogP contribution in [0.4, 0.5) is 0 Å². The average Bonchev–Trinajstić information content (AvgIpc) is 2.30. The lowest BCUT2D eigenvalue weighted by atomic mass is 9.86. The maximum atomic E-state index is 11.0. The van der Waals surface area contributed by atoms with E-state index in [0.717, 1.165) is 24.8 Å². The lowest BCUT2D eigenvalue weighted by Crippen LogP contribution is -2.07. The lowest BCUT2D eigenvalue weighted by molar-refractivity contribution is 0.0695. The van der Waals surface area contributed by atoms with E-state index >= 15 is 0 Å². The van der Waals surface area contributed by atoms with Crippen LogP contribution in [0.3, 0.4) is 0 Å². The van der Waals surface area contributed by atoms with E-state index in [1.165, 1.54) is 0 Å². The quantitative estimate of drug-likeness (QED) is 0.748. The summed E-state index contributed by atoms with van der Waals surface area (Å²) in [6.45, 7) is 0. The summed E-state index contributed by atoms with van der Waals surface area (Å²) in [7, 11) is 0. The molecule has 1 aromatic rings. The molecule has 0 aliphatic heterocycles. The fourth-order valence-corrected chi connectivity index (χ4v) is 2.09. The van der Waals surface area contributed by atoms with Crippen molar-refractivity contribution in [1.82, 2.24) is 0 Å². The van der Waals surface area contributed by atoms with Gasteiger partial charge in [0, 0.05) is 5.92 Å². The van der Waals surface area contributed by atoms with Gasteiger partial charge >= 0.3 is 5.97 Å². The van der Waals surface area contributed by atoms with Crippen LogP contribution in [-0.2, 0) is 0 Å². The van der Waals surface area contributed by atoms with Gasteiger partial charge in [-0.25, -0.2) is 4.79 Å². The minimum absolute atomic E-state index is 0.283. The van der Waals surface area contributed by atoms with Gasteiger partial charge in [-0.2, -0.15) is 0 Å². The largest absolute Gasteiger partial charge is 0.478 e. The summed E-state index contributed by atoms with van der Waals surface area (Å²) >= 11 is 0. The monoisotopic (exact) mass is 202 g/mol. The molecular weight excluding hydrogens is 188 g/mol. The van der Waals surface area contributed by atoms with Gasteiger partial charge in [-0.05, 0) is 30.9 Å². The smallest absolute Gasteiger partial charge is 0.335 e. The van der Waals surface area contributed by atoms with E-state index in [1.807, 2.05) is 12.1 Å². The molecule has 1 aliphatic carbocycles. The molecule has 1 N–H and O–H groups in total. The minimum Gasteiger partial charge on any atom is -0.478 e. The van der Waals surface area contributed by atoms with Gasteiger partial charge in [0.1, 0.15) is 0 Å². The highest BCUT2D eigenvalue weighted by Crippen LogP contribution is 2.29. The summed E-state index contributed by atoms with van der Waals surface area (Å²) < 4.78 is 0. The van der Waals surface area contributed by atoms with Crippen LogP contribution in [0.15, 0.2) is 36.4 Å². The zero-order chi connectivity index (χ0) is 10.7.